The van der Waals surface area contributed by atoms with Crippen molar-refractivity contribution in [2.24, 2.45) is 0 Å². The van der Waals surface area contributed by atoms with Gasteiger partial charge in [-0.25, -0.2) is 4.31 Å². The summed E-state index contributed by atoms with van der Waals surface area (Å²) in [4.78, 5) is 24.8. The molecule has 0 spiro atoms. The monoisotopic (exact) mass is 542 g/mol. The largest absolute Gasteiger partial charge is 0.462 e. The van der Waals surface area contributed by atoms with Crippen LogP contribution in [-0.4, -0.2) is 60.9 Å². The number of rotatable bonds is 12. The zero-order valence-electron chi connectivity index (χ0n) is 24.8. The summed E-state index contributed by atoms with van der Waals surface area (Å²) in [6.45, 7) is 16.6. The number of ether oxygens (including phenoxy) is 2. The molecule has 37 heavy (non-hydrogen) atoms. The van der Waals surface area contributed by atoms with E-state index in [1.807, 2.05) is 27.7 Å². The maximum absolute atomic E-state index is 12.5. The molecule has 2 heterocycles. The fraction of sp³-hybridized carbons (Fsp3) is 0.931. The van der Waals surface area contributed by atoms with E-state index < -0.39 is 11.1 Å². The zero-order valence-corrected chi connectivity index (χ0v) is 25.7. The third-order valence-electron chi connectivity index (χ3n) is 8.45. The first-order chi connectivity index (χ1) is 17.0. The lowest BCUT2D eigenvalue weighted by Gasteiger charge is -2.53. The average molecular weight is 543 g/mol. The summed E-state index contributed by atoms with van der Waals surface area (Å²) in [5, 5.41) is 11.8. The second-order valence-electron chi connectivity index (χ2n) is 13.6. The molecule has 216 valence electrons. The van der Waals surface area contributed by atoms with Gasteiger partial charge in [0.1, 0.15) is 12.2 Å². The summed E-state index contributed by atoms with van der Waals surface area (Å²) in [5.41, 5.74) is -1.04. The normalized spacial score (nSPS) is 28.1. The van der Waals surface area contributed by atoms with Gasteiger partial charge in [-0.05, 0) is 67.7 Å². The highest BCUT2D eigenvalue weighted by Crippen LogP contribution is 2.43. The van der Waals surface area contributed by atoms with Crippen LogP contribution in [0.5, 0.6) is 0 Å². The van der Waals surface area contributed by atoms with Gasteiger partial charge in [0.15, 0.2) is 0 Å². The molecule has 2 fully saturated rings. The van der Waals surface area contributed by atoms with Crippen molar-refractivity contribution in [1.82, 2.24) is 9.37 Å². The molecule has 0 aromatic rings. The van der Waals surface area contributed by atoms with E-state index in [0.717, 1.165) is 57.8 Å². The Bertz CT molecular complexity index is 753. The van der Waals surface area contributed by atoms with E-state index in [0.29, 0.717) is 25.7 Å². The molecular weight excluding hydrogens is 488 g/mol. The van der Waals surface area contributed by atoms with Crippen molar-refractivity contribution in [1.29, 1.82) is 0 Å². The van der Waals surface area contributed by atoms with Gasteiger partial charge in [-0.1, -0.05) is 45.4 Å². The zero-order chi connectivity index (χ0) is 28.1. The van der Waals surface area contributed by atoms with Crippen LogP contribution in [0.3, 0.4) is 0 Å². The van der Waals surface area contributed by atoms with Crippen LogP contribution in [-0.2, 0) is 19.1 Å². The first kappa shape index (κ1) is 32.4. The number of carbonyl (C=O) groups excluding carboxylic acids is 2. The molecule has 0 aromatic carbocycles. The highest BCUT2D eigenvalue weighted by atomic mass is 32.1. The predicted molar refractivity (Wildman–Crippen MR) is 151 cm³/mol. The van der Waals surface area contributed by atoms with Crippen LogP contribution in [0.1, 0.15) is 139 Å². The molecule has 1 N–H and O–H groups in total. The molecule has 2 aliphatic heterocycles. The molecule has 2 aliphatic rings. The highest BCUT2D eigenvalue weighted by molar-refractivity contribution is 7.77. The molecule has 0 radical (unpaired) electrons. The van der Waals surface area contributed by atoms with E-state index in [9.17, 15) is 14.8 Å². The Kier molecular flexibility index (Phi) is 11.4. The van der Waals surface area contributed by atoms with Gasteiger partial charge in [-0.15, -0.1) is 0 Å². The summed E-state index contributed by atoms with van der Waals surface area (Å²) in [7, 11) is 0. The maximum atomic E-state index is 12.5. The van der Waals surface area contributed by atoms with Gasteiger partial charge in [0.25, 0.3) is 0 Å². The van der Waals surface area contributed by atoms with Crippen molar-refractivity contribution in [3.63, 3.8) is 0 Å². The molecule has 0 aromatic heterocycles. The fourth-order valence-corrected chi connectivity index (χ4v) is 6.70. The SMILES string of the molecule is CCC1(C)CC(OC(=O)CCCCCCCCC(=O)OC2CC(C)(C)N(O)C(C)(C)C2)CC(C)(C)N1S. The van der Waals surface area contributed by atoms with Crippen molar-refractivity contribution in [3.8, 4) is 0 Å². The molecule has 0 bridgehead atoms. The number of hydroxylamine groups is 2. The number of esters is 2. The van der Waals surface area contributed by atoms with E-state index in [1.165, 1.54) is 5.06 Å². The van der Waals surface area contributed by atoms with Crippen LogP contribution >= 0.6 is 12.8 Å². The van der Waals surface area contributed by atoms with Gasteiger partial charge in [0, 0.05) is 60.7 Å². The molecule has 2 rings (SSSR count). The van der Waals surface area contributed by atoms with Gasteiger partial charge >= 0.3 is 11.9 Å². The van der Waals surface area contributed by atoms with Gasteiger partial charge in [-0.2, -0.15) is 5.06 Å². The molecule has 2 saturated heterocycles. The van der Waals surface area contributed by atoms with E-state index in [4.69, 9.17) is 22.3 Å². The van der Waals surface area contributed by atoms with Crippen molar-refractivity contribution < 1.29 is 24.3 Å². The third kappa shape index (κ3) is 9.11. The third-order valence-corrected chi connectivity index (χ3v) is 9.47. The highest BCUT2D eigenvalue weighted by Gasteiger charge is 2.47. The minimum Gasteiger partial charge on any atom is -0.462 e. The minimum atomic E-state index is -0.421. The summed E-state index contributed by atoms with van der Waals surface area (Å²) < 4.78 is 13.8. The van der Waals surface area contributed by atoms with Crippen LogP contribution in [0.15, 0.2) is 0 Å². The number of thiol groups is 1. The van der Waals surface area contributed by atoms with Crippen LogP contribution < -0.4 is 0 Å². The smallest absolute Gasteiger partial charge is 0.306 e. The maximum Gasteiger partial charge on any atom is 0.306 e. The molecule has 8 heteroatoms. The van der Waals surface area contributed by atoms with E-state index in [-0.39, 0.29) is 35.2 Å². The second kappa shape index (κ2) is 13.0. The van der Waals surface area contributed by atoms with Crippen LogP contribution in [0.4, 0.5) is 0 Å². The lowest BCUT2D eigenvalue weighted by molar-refractivity contribution is -0.259. The van der Waals surface area contributed by atoms with Crippen LogP contribution in [0.25, 0.3) is 0 Å². The Morgan fingerprint density at radius 1 is 0.730 bits per heavy atom. The van der Waals surface area contributed by atoms with Gasteiger partial charge in [-0.3, -0.25) is 9.59 Å². The Labute approximate surface area is 231 Å². The standard InChI is InChI=1S/C29H54N2O5S/c1-9-29(8)21-23(20-28(6,7)31(29)37)36-25(33)17-15-13-11-10-12-14-16-24(32)35-22-18-26(2,3)30(34)27(4,5)19-22/h22-23,34,37H,9-21H2,1-8H3. The molecule has 0 aliphatic carbocycles. The van der Waals surface area contributed by atoms with Gasteiger partial charge < -0.3 is 14.7 Å². The van der Waals surface area contributed by atoms with E-state index in [2.05, 4.69) is 32.0 Å². The second-order valence-corrected chi connectivity index (χ2v) is 14.0. The first-order valence-electron chi connectivity index (χ1n) is 14.4. The van der Waals surface area contributed by atoms with Crippen molar-refractivity contribution >= 4 is 24.8 Å². The molecular formula is C29H54N2O5S. The van der Waals surface area contributed by atoms with Crippen LogP contribution in [0, 0.1) is 0 Å². The van der Waals surface area contributed by atoms with E-state index >= 15 is 0 Å². The molecule has 7 nitrogen and oxygen atoms in total. The lowest BCUT2D eigenvalue weighted by atomic mass is 9.78. The fourth-order valence-electron chi connectivity index (χ4n) is 6.40. The Hall–Kier alpha value is -0.830. The molecule has 2 unspecified atom stereocenters. The van der Waals surface area contributed by atoms with Gasteiger partial charge in [0.05, 0.1) is 0 Å². The number of carbonyl (C=O) groups is 2. The molecule has 2 atom stereocenters. The Morgan fingerprint density at radius 2 is 1.11 bits per heavy atom. The quantitative estimate of drug-likeness (QED) is 0.158. The van der Waals surface area contributed by atoms with Crippen molar-refractivity contribution in [2.75, 3.05) is 0 Å². The summed E-state index contributed by atoms with van der Waals surface area (Å²) >= 11 is 4.75. The van der Waals surface area contributed by atoms with Gasteiger partial charge in [0.2, 0.25) is 0 Å². The lowest BCUT2D eigenvalue weighted by Crippen LogP contribution is -2.60. The average Bonchev–Trinajstić information content (AvgIpc) is 2.77. The Morgan fingerprint density at radius 3 is 1.54 bits per heavy atom. The van der Waals surface area contributed by atoms with Crippen LogP contribution in [0.2, 0.25) is 0 Å². The number of hydrogen-bond donors (Lipinski definition) is 2. The molecule has 0 saturated carbocycles. The molecule has 0 amide bonds. The van der Waals surface area contributed by atoms with Crippen molar-refractivity contribution in [2.45, 2.75) is 173 Å². The number of hydrogen-bond acceptors (Lipinski definition) is 8. The summed E-state index contributed by atoms with van der Waals surface area (Å²) in [6, 6.07) is 0. The summed E-state index contributed by atoms with van der Waals surface area (Å²) in [6.07, 6.45) is 10.3. The predicted octanol–water partition coefficient (Wildman–Crippen LogP) is 6.86. The topological polar surface area (TPSA) is 79.3 Å². The number of nitrogens with zero attached hydrogens (tertiary/aromatic N) is 2. The first-order valence-corrected chi connectivity index (χ1v) is 14.8. The summed E-state index contributed by atoms with van der Waals surface area (Å²) in [5.74, 6) is -0.232. The Balaban J connectivity index is 1.56. The van der Waals surface area contributed by atoms with Crippen molar-refractivity contribution in [3.05, 3.63) is 0 Å². The minimum absolute atomic E-state index is 0.0519. The number of unbranched alkanes of at least 4 members (excludes halogenated alkanes) is 5. The van der Waals surface area contributed by atoms with E-state index in [1.54, 1.807) is 0 Å². The number of piperidine rings is 2.